The molecule has 0 aromatic heterocycles. The van der Waals surface area contributed by atoms with Crippen molar-refractivity contribution in [3.05, 3.63) is 0 Å². The predicted octanol–water partition coefficient (Wildman–Crippen LogP) is 2.99. The summed E-state index contributed by atoms with van der Waals surface area (Å²) in [6.07, 6.45) is 3.50. The molecule has 0 radical (unpaired) electrons. The van der Waals surface area contributed by atoms with Crippen LogP contribution in [0.2, 0.25) is 0 Å². The molecule has 0 aromatic carbocycles. The van der Waals surface area contributed by atoms with Gasteiger partial charge in [0.05, 0.1) is 18.8 Å². The van der Waals surface area contributed by atoms with Gasteiger partial charge >= 0.3 is 0 Å². The Morgan fingerprint density at radius 1 is 1.12 bits per heavy atom. The van der Waals surface area contributed by atoms with Gasteiger partial charge in [-0.15, -0.1) is 0 Å². The highest BCUT2D eigenvalue weighted by Gasteiger charge is 2.08. The number of rotatable bonds is 10. The van der Waals surface area contributed by atoms with Gasteiger partial charge in [-0.2, -0.15) is 0 Å². The molecule has 0 heterocycles. The second-order valence-electron chi connectivity index (χ2n) is 5.57. The average Bonchev–Trinajstić information content (AvgIpc) is 2.23. The standard InChI is InChI=1S/C14H31NO2/c1-6-9-15-13(2)8-7-10-16-11-12-17-14(3,4)5/h13,15H,6-12H2,1-5H3. The third kappa shape index (κ3) is 13.8. The van der Waals surface area contributed by atoms with Crippen LogP contribution < -0.4 is 5.32 Å². The van der Waals surface area contributed by atoms with Crippen LogP contribution in [-0.2, 0) is 9.47 Å². The summed E-state index contributed by atoms with van der Waals surface area (Å²) in [6, 6.07) is 0.601. The van der Waals surface area contributed by atoms with Gasteiger partial charge in [0.25, 0.3) is 0 Å². The smallest absolute Gasteiger partial charge is 0.0707 e. The van der Waals surface area contributed by atoms with Gasteiger partial charge in [0, 0.05) is 12.6 Å². The summed E-state index contributed by atoms with van der Waals surface area (Å²) >= 11 is 0. The quantitative estimate of drug-likeness (QED) is 0.600. The summed E-state index contributed by atoms with van der Waals surface area (Å²) in [7, 11) is 0. The van der Waals surface area contributed by atoms with Gasteiger partial charge in [-0.1, -0.05) is 6.92 Å². The largest absolute Gasteiger partial charge is 0.379 e. The maximum absolute atomic E-state index is 5.57. The van der Waals surface area contributed by atoms with Crippen molar-refractivity contribution < 1.29 is 9.47 Å². The van der Waals surface area contributed by atoms with Gasteiger partial charge < -0.3 is 14.8 Å². The van der Waals surface area contributed by atoms with Crippen molar-refractivity contribution in [1.82, 2.24) is 5.32 Å². The summed E-state index contributed by atoms with van der Waals surface area (Å²) < 4.78 is 11.1. The van der Waals surface area contributed by atoms with E-state index in [1.54, 1.807) is 0 Å². The topological polar surface area (TPSA) is 30.5 Å². The van der Waals surface area contributed by atoms with Crippen LogP contribution in [0.5, 0.6) is 0 Å². The van der Waals surface area contributed by atoms with Crippen molar-refractivity contribution in [2.75, 3.05) is 26.4 Å². The molecule has 0 saturated carbocycles. The van der Waals surface area contributed by atoms with E-state index < -0.39 is 0 Å². The highest BCUT2D eigenvalue weighted by Crippen LogP contribution is 2.05. The molecule has 3 heteroatoms. The van der Waals surface area contributed by atoms with Gasteiger partial charge in [-0.25, -0.2) is 0 Å². The minimum atomic E-state index is -0.0536. The molecule has 0 bridgehead atoms. The Morgan fingerprint density at radius 2 is 1.82 bits per heavy atom. The Bertz CT molecular complexity index is 166. The van der Waals surface area contributed by atoms with E-state index in [4.69, 9.17) is 9.47 Å². The van der Waals surface area contributed by atoms with Gasteiger partial charge in [0.2, 0.25) is 0 Å². The van der Waals surface area contributed by atoms with Gasteiger partial charge in [-0.05, 0) is 53.5 Å². The number of hydrogen-bond donors (Lipinski definition) is 1. The predicted molar refractivity (Wildman–Crippen MR) is 73.5 cm³/mol. The van der Waals surface area contributed by atoms with Crippen molar-refractivity contribution in [2.24, 2.45) is 0 Å². The van der Waals surface area contributed by atoms with Gasteiger partial charge in [-0.3, -0.25) is 0 Å². The highest BCUT2D eigenvalue weighted by atomic mass is 16.5. The normalized spacial score (nSPS) is 13.9. The summed E-state index contributed by atoms with van der Waals surface area (Å²) in [6.45, 7) is 14.0. The lowest BCUT2D eigenvalue weighted by atomic mass is 10.2. The molecule has 1 N–H and O–H groups in total. The van der Waals surface area contributed by atoms with Gasteiger partial charge in [0.15, 0.2) is 0 Å². The minimum absolute atomic E-state index is 0.0536. The molecule has 17 heavy (non-hydrogen) atoms. The Morgan fingerprint density at radius 3 is 2.41 bits per heavy atom. The number of nitrogens with one attached hydrogen (secondary N) is 1. The summed E-state index contributed by atoms with van der Waals surface area (Å²) in [5, 5.41) is 3.47. The first-order chi connectivity index (χ1) is 7.95. The van der Waals surface area contributed by atoms with E-state index in [2.05, 4.69) is 39.9 Å². The molecule has 0 spiro atoms. The van der Waals surface area contributed by atoms with Crippen molar-refractivity contribution in [3.63, 3.8) is 0 Å². The molecule has 1 atom stereocenters. The fourth-order valence-corrected chi connectivity index (χ4v) is 1.49. The number of hydrogen-bond acceptors (Lipinski definition) is 3. The molecule has 0 aliphatic heterocycles. The lowest BCUT2D eigenvalue weighted by Gasteiger charge is -2.19. The maximum atomic E-state index is 5.57. The van der Waals surface area contributed by atoms with E-state index in [0.717, 1.165) is 19.6 Å². The summed E-state index contributed by atoms with van der Waals surface area (Å²) in [5.74, 6) is 0. The Kier molecular flexibility index (Phi) is 9.79. The van der Waals surface area contributed by atoms with Crippen LogP contribution >= 0.6 is 0 Å². The molecule has 0 aromatic rings. The first kappa shape index (κ1) is 16.9. The van der Waals surface area contributed by atoms with E-state index in [1.807, 2.05) is 0 Å². The lowest BCUT2D eigenvalue weighted by Crippen LogP contribution is -2.27. The summed E-state index contributed by atoms with van der Waals surface area (Å²) in [4.78, 5) is 0. The van der Waals surface area contributed by atoms with E-state index >= 15 is 0 Å². The zero-order chi connectivity index (χ0) is 13.1. The third-order valence-corrected chi connectivity index (χ3v) is 2.43. The van der Waals surface area contributed by atoms with Crippen LogP contribution in [0.1, 0.15) is 53.9 Å². The monoisotopic (exact) mass is 245 g/mol. The zero-order valence-electron chi connectivity index (χ0n) is 12.3. The Labute approximate surface area is 107 Å². The van der Waals surface area contributed by atoms with Crippen LogP contribution in [0.3, 0.4) is 0 Å². The van der Waals surface area contributed by atoms with Gasteiger partial charge in [0.1, 0.15) is 0 Å². The van der Waals surface area contributed by atoms with Crippen molar-refractivity contribution in [2.45, 2.75) is 65.5 Å². The number of ether oxygens (including phenoxy) is 2. The Balaban J connectivity index is 3.18. The molecular formula is C14H31NO2. The van der Waals surface area contributed by atoms with Crippen LogP contribution in [0.4, 0.5) is 0 Å². The fourth-order valence-electron chi connectivity index (χ4n) is 1.49. The van der Waals surface area contributed by atoms with Crippen LogP contribution in [-0.4, -0.2) is 38.0 Å². The summed E-state index contributed by atoms with van der Waals surface area (Å²) in [5.41, 5.74) is -0.0536. The van der Waals surface area contributed by atoms with Crippen LogP contribution in [0.15, 0.2) is 0 Å². The highest BCUT2D eigenvalue weighted by molar-refractivity contribution is 4.60. The van der Waals surface area contributed by atoms with Crippen molar-refractivity contribution in [1.29, 1.82) is 0 Å². The Hall–Kier alpha value is -0.120. The molecule has 0 aliphatic carbocycles. The van der Waals surface area contributed by atoms with Crippen LogP contribution in [0, 0.1) is 0 Å². The molecular weight excluding hydrogens is 214 g/mol. The minimum Gasteiger partial charge on any atom is -0.379 e. The molecule has 0 aliphatic rings. The van der Waals surface area contributed by atoms with Crippen molar-refractivity contribution in [3.8, 4) is 0 Å². The molecule has 1 unspecified atom stereocenters. The lowest BCUT2D eigenvalue weighted by molar-refractivity contribution is -0.0352. The second-order valence-corrected chi connectivity index (χ2v) is 5.57. The van der Waals surface area contributed by atoms with Crippen molar-refractivity contribution >= 4 is 0 Å². The average molecular weight is 245 g/mol. The van der Waals surface area contributed by atoms with Crippen LogP contribution in [0.25, 0.3) is 0 Å². The molecule has 104 valence electrons. The maximum Gasteiger partial charge on any atom is 0.0707 e. The van der Waals surface area contributed by atoms with E-state index in [9.17, 15) is 0 Å². The molecule has 3 nitrogen and oxygen atoms in total. The van der Waals surface area contributed by atoms with E-state index in [0.29, 0.717) is 19.3 Å². The first-order valence-corrected chi connectivity index (χ1v) is 6.91. The second kappa shape index (κ2) is 9.86. The van der Waals surface area contributed by atoms with E-state index in [-0.39, 0.29) is 5.60 Å². The fraction of sp³-hybridized carbons (Fsp3) is 1.00. The molecule has 0 saturated heterocycles. The SMILES string of the molecule is CCCNC(C)CCCOCCOC(C)(C)C. The first-order valence-electron chi connectivity index (χ1n) is 6.91. The molecule has 0 fully saturated rings. The van der Waals surface area contributed by atoms with E-state index in [1.165, 1.54) is 12.8 Å². The third-order valence-electron chi connectivity index (χ3n) is 2.43. The molecule has 0 rings (SSSR count). The zero-order valence-corrected chi connectivity index (χ0v) is 12.3. The molecule has 0 amide bonds.